The number of benzene rings is 1. The van der Waals surface area contributed by atoms with E-state index in [1.165, 1.54) is 24.1 Å². The standard InChI is InChI=1S/C15H21N3/c1-17(2)15-5-3-13(4-6-15)14-7-10-18(11-8-14)12-9-16/h3-6,14H,7-8,10-12H2,1-2H3. The molecule has 0 radical (unpaired) electrons. The first-order chi connectivity index (χ1) is 8.70. The van der Waals surface area contributed by atoms with Gasteiger partial charge in [0, 0.05) is 19.8 Å². The number of anilines is 1. The van der Waals surface area contributed by atoms with Crippen molar-refractivity contribution in [1.82, 2.24) is 4.90 Å². The maximum Gasteiger partial charge on any atom is 0.0865 e. The van der Waals surface area contributed by atoms with E-state index in [0.717, 1.165) is 13.1 Å². The van der Waals surface area contributed by atoms with Crippen LogP contribution >= 0.6 is 0 Å². The van der Waals surface area contributed by atoms with Gasteiger partial charge in [0.15, 0.2) is 0 Å². The van der Waals surface area contributed by atoms with E-state index in [4.69, 9.17) is 5.26 Å². The minimum atomic E-state index is 0.576. The summed E-state index contributed by atoms with van der Waals surface area (Å²) in [5, 5.41) is 8.69. The molecule has 0 atom stereocenters. The Kier molecular flexibility index (Phi) is 4.22. The van der Waals surface area contributed by atoms with Crippen LogP contribution in [0.3, 0.4) is 0 Å². The first kappa shape index (κ1) is 12.9. The van der Waals surface area contributed by atoms with E-state index in [1.54, 1.807) is 0 Å². The number of nitriles is 1. The number of hydrogen-bond acceptors (Lipinski definition) is 3. The lowest BCUT2D eigenvalue weighted by Crippen LogP contribution is -2.33. The van der Waals surface area contributed by atoms with Crippen molar-refractivity contribution in [2.45, 2.75) is 18.8 Å². The molecule has 0 unspecified atom stereocenters. The van der Waals surface area contributed by atoms with Crippen LogP contribution in [0.15, 0.2) is 24.3 Å². The molecule has 0 aliphatic carbocycles. The van der Waals surface area contributed by atoms with Crippen molar-refractivity contribution in [2.75, 3.05) is 38.6 Å². The minimum Gasteiger partial charge on any atom is -0.378 e. The van der Waals surface area contributed by atoms with Gasteiger partial charge in [-0.15, -0.1) is 0 Å². The summed E-state index contributed by atoms with van der Waals surface area (Å²) >= 11 is 0. The van der Waals surface area contributed by atoms with E-state index < -0.39 is 0 Å². The molecule has 18 heavy (non-hydrogen) atoms. The highest BCUT2D eigenvalue weighted by atomic mass is 15.1. The first-order valence-corrected chi connectivity index (χ1v) is 6.57. The number of likely N-dealkylation sites (tertiary alicyclic amines) is 1. The molecule has 0 bridgehead atoms. The third kappa shape index (κ3) is 3.02. The molecule has 1 aliphatic rings. The van der Waals surface area contributed by atoms with Crippen molar-refractivity contribution in [3.05, 3.63) is 29.8 Å². The Balaban J connectivity index is 1.95. The average Bonchev–Trinajstić information content (AvgIpc) is 2.40. The molecular formula is C15H21N3. The molecule has 0 amide bonds. The van der Waals surface area contributed by atoms with Gasteiger partial charge < -0.3 is 4.90 Å². The molecule has 0 N–H and O–H groups in total. The second-order valence-electron chi connectivity index (χ2n) is 5.19. The predicted octanol–water partition coefficient (Wildman–Crippen LogP) is 2.46. The summed E-state index contributed by atoms with van der Waals surface area (Å²) in [6, 6.07) is 11.1. The van der Waals surface area contributed by atoms with E-state index >= 15 is 0 Å². The summed E-state index contributed by atoms with van der Waals surface area (Å²) in [7, 11) is 4.13. The van der Waals surface area contributed by atoms with Gasteiger partial charge in [-0.2, -0.15) is 5.26 Å². The molecule has 0 saturated carbocycles. The van der Waals surface area contributed by atoms with Gasteiger partial charge in [-0.05, 0) is 49.5 Å². The summed E-state index contributed by atoms with van der Waals surface area (Å²) in [6.45, 7) is 2.67. The van der Waals surface area contributed by atoms with Crippen molar-refractivity contribution in [3.8, 4) is 6.07 Å². The number of hydrogen-bond donors (Lipinski definition) is 0. The van der Waals surface area contributed by atoms with Gasteiger partial charge >= 0.3 is 0 Å². The van der Waals surface area contributed by atoms with Gasteiger partial charge in [0.05, 0.1) is 12.6 Å². The molecule has 1 aromatic rings. The first-order valence-electron chi connectivity index (χ1n) is 6.57. The van der Waals surface area contributed by atoms with Crippen molar-refractivity contribution in [2.24, 2.45) is 0 Å². The summed E-state index contributed by atoms with van der Waals surface area (Å²) in [6.07, 6.45) is 2.34. The molecule has 1 heterocycles. The van der Waals surface area contributed by atoms with Crippen molar-refractivity contribution in [3.63, 3.8) is 0 Å². The van der Waals surface area contributed by atoms with Gasteiger partial charge in [0.1, 0.15) is 0 Å². The number of piperidine rings is 1. The number of rotatable bonds is 3. The van der Waals surface area contributed by atoms with Crippen LogP contribution in [0.4, 0.5) is 5.69 Å². The fourth-order valence-corrected chi connectivity index (χ4v) is 2.57. The minimum absolute atomic E-state index is 0.576. The van der Waals surface area contributed by atoms with Gasteiger partial charge in [-0.3, -0.25) is 4.90 Å². The van der Waals surface area contributed by atoms with Crippen LogP contribution in [-0.2, 0) is 0 Å². The molecule has 0 spiro atoms. The maximum absolute atomic E-state index is 8.69. The van der Waals surface area contributed by atoms with Crippen molar-refractivity contribution in [1.29, 1.82) is 5.26 Å². The lowest BCUT2D eigenvalue weighted by atomic mass is 9.89. The topological polar surface area (TPSA) is 30.3 Å². The zero-order valence-electron chi connectivity index (χ0n) is 11.3. The van der Waals surface area contributed by atoms with Gasteiger partial charge in [-0.1, -0.05) is 12.1 Å². The van der Waals surface area contributed by atoms with E-state index in [1.807, 2.05) is 0 Å². The summed E-state index contributed by atoms with van der Waals surface area (Å²) in [5.41, 5.74) is 2.69. The van der Waals surface area contributed by atoms with Crippen LogP contribution in [0.5, 0.6) is 0 Å². The average molecular weight is 243 g/mol. The third-order valence-electron chi connectivity index (χ3n) is 3.76. The van der Waals surface area contributed by atoms with Crippen LogP contribution in [0.25, 0.3) is 0 Å². The predicted molar refractivity (Wildman–Crippen MR) is 74.8 cm³/mol. The van der Waals surface area contributed by atoms with E-state index in [9.17, 15) is 0 Å². The van der Waals surface area contributed by atoms with Gasteiger partial charge in [-0.25, -0.2) is 0 Å². The molecule has 2 rings (SSSR count). The van der Waals surface area contributed by atoms with Crippen molar-refractivity contribution < 1.29 is 0 Å². The third-order valence-corrected chi connectivity index (χ3v) is 3.76. The van der Waals surface area contributed by atoms with Crippen LogP contribution in [0.2, 0.25) is 0 Å². The number of nitrogens with zero attached hydrogens (tertiary/aromatic N) is 3. The monoisotopic (exact) mass is 243 g/mol. The molecule has 1 aromatic carbocycles. The molecule has 1 fully saturated rings. The Morgan fingerprint density at radius 3 is 2.33 bits per heavy atom. The van der Waals surface area contributed by atoms with E-state index in [-0.39, 0.29) is 0 Å². The lowest BCUT2D eigenvalue weighted by Gasteiger charge is -2.30. The Morgan fingerprint density at radius 1 is 1.22 bits per heavy atom. The quantitative estimate of drug-likeness (QED) is 0.764. The summed E-state index contributed by atoms with van der Waals surface area (Å²) in [5.74, 6) is 0.663. The van der Waals surface area contributed by atoms with Crippen LogP contribution < -0.4 is 4.90 Å². The lowest BCUT2D eigenvalue weighted by molar-refractivity contribution is 0.235. The SMILES string of the molecule is CN(C)c1ccc(C2CCN(CC#N)CC2)cc1. The van der Waals surface area contributed by atoms with E-state index in [0.29, 0.717) is 12.5 Å². The Hall–Kier alpha value is -1.53. The highest BCUT2D eigenvalue weighted by Gasteiger charge is 2.20. The van der Waals surface area contributed by atoms with Crippen LogP contribution in [0, 0.1) is 11.3 Å². The highest BCUT2D eigenvalue weighted by molar-refractivity contribution is 5.46. The molecule has 1 aliphatic heterocycles. The van der Waals surface area contributed by atoms with Crippen LogP contribution in [-0.4, -0.2) is 38.6 Å². The largest absolute Gasteiger partial charge is 0.378 e. The second kappa shape index (κ2) is 5.88. The molecular weight excluding hydrogens is 222 g/mol. The fraction of sp³-hybridized carbons (Fsp3) is 0.533. The molecule has 3 nitrogen and oxygen atoms in total. The summed E-state index contributed by atoms with van der Waals surface area (Å²) < 4.78 is 0. The molecule has 1 saturated heterocycles. The van der Waals surface area contributed by atoms with E-state index in [2.05, 4.69) is 54.2 Å². The zero-order chi connectivity index (χ0) is 13.0. The van der Waals surface area contributed by atoms with Crippen molar-refractivity contribution >= 4 is 5.69 Å². The molecule has 3 heteroatoms. The smallest absolute Gasteiger partial charge is 0.0865 e. The Bertz CT molecular complexity index is 408. The zero-order valence-corrected chi connectivity index (χ0v) is 11.3. The Labute approximate surface area is 110 Å². The van der Waals surface area contributed by atoms with Gasteiger partial charge in [0.25, 0.3) is 0 Å². The van der Waals surface area contributed by atoms with Gasteiger partial charge in [0.2, 0.25) is 0 Å². The molecule has 96 valence electrons. The fourth-order valence-electron chi connectivity index (χ4n) is 2.57. The normalized spacial score (nSPS) is 17.4. The van der Waals surface area contributed by atoms with Crippen LogP contribution in [0.1, 0.15) is 24.3 Å². The second-order valence-corrected chi connectivity index (χ2v) is 5.19. The summed E-state index contributed by atoms with van der Waals surface area (Å²) in [4.78, 5) is 4.37. The highest BCUT2D eigenvalue weighted by Crippen LogP contribution is 2.28. The maximum atomic E-state index is 8.69. The molecule has 0 aromatic heterocycles. The Morgan fingerprint density at radius 2 is 1.83 bits per heavy atom.